The van der Waals surface area contributed by atoms with Crippen LogP contribution >= 0.6 is 0 Å². The number of aromatic hydroxyl groups is 1. The normalized spacial score (nSPS) is 13.2. The number of hydrogen-bond acceptors (Lipinski definition) is 6. The lowest BCUT2D eigenvalue weighted by molar-refractivity contribution is -0.140. The number of hydrogen-bond donors (Lipinski definition) is 1. The number of methoxy groups -OCH3 is 1. The molecule has 1 aliphatic heterocycles. The number of benzene rings is 2. The van der Waals surface area contributed by atoms with Crippen molar-refractivity contribution in [1.29, 1.82) is 0 Å². The van der Waals surface area contributed by atoms with Crippen LogP contribution in [0.15, 0.2) is 48.5 Å². The van der Waals surface area contributed by atoms with Crippen LogP contribution < -0.4 is 4.74 Å². The van der Waals surface area contributed by atoms with E-state index in [1.54, 1.807) is 36.4 Å². The molecule has 26 heavy (non-hydrogen) atoms. The Bertz CT molecular complexity index is 883. The van der Waals surface area contributed by atoms with Crippen molar-refractivity contribution in [3.8, 4) is 11.5 Å². The fourth-order valence-electron chi connectivity index (χ4n) is 2.49. The van der Waals surface area contributed by atoms with E-state index in [-0.39, 0.29) is 11.5 Å². The molecule has 0 radical (unpaired) electrons. The first-order chi connectivity index (χ1) is 12.5. The fraction of sp³-hybridized carbons (Fsp3) is 0.105. The van der Waals surface area contributed by atoms with E-state index in [2.05, 4.69) is 0 Å². The van der Waals surface area contributed by atoms with Gasteiger partial charge in [-0.1, -0.05) is 18.2 Å². The predicted octanol–water partition coefficient (Wildman–Crippen LogP) is 2.21. The number of nitrogens with zero attached hydrogens (tertiary/aromatic N) is 1. The first kappa shape index (κ1) is 17.2. The van der Waals surface area contributed by atoms with E-state index in [9.17, 15) is 19.5 Å². The lowest BCUT2D eigenvalue weighted by Gasteiger charge is -2.12. The standard InChI is InChI=1S/C19H15NO6/c1-25-16-10-12(6-8-15(16)21)7-9-17(22)26-11-20-18(23)13-4-2-3-5-14(13)19(20)24/h2-10,21H,11H2,1H3/b9-7+. The van der Waals surface area contributed by atoms with Crippen molar-refractivity contribution in [3.05, 3.63) is 65.2 Å². The maximum atomic E-state index is 12.2. The second-order valence-corrected chi connectivity index (χ2v) is 5.44. The molecule has 0 unspecified atom stereocenters. The van der Waals surface area contributed by atoms with Gasteiger partial charge in [0, 0.05) is 6.08 Å². The van der Waals surface area contributed by atoms with E-state index in [0.717, 1.165) is 11.0 Å². The largest absolute Gasteiger partial charge is 0.504 e. The molecule has 0 aromatic heterocycles. The quantitative estimate of drug-likeness (QED) is 0.503. The maximum absolute atomic E-state index is 12.2. The number of carbonyl (C=O) groups excluding carboxylic acids is 3. The summed E-state index contributed by atoms with van der Waals surface area (Å²) in [6, 6.07) is 11.0. The first-order valence-electron chi connectivity index (χ1n) is 7.68. The molecule has 0 saturated carbocycles. The maximum Gasteiger partial charge on any atom is 0.332 e. The van der Waals surface area contributed by atoms with E-state index < -0.39 is 24.5 Å². The third kappa shape index (κ3) is 3.27. The third-order valence-corrected chi connectivity index (χ3v) is 3.83. The Hall–Kier alpha value is -3.61. The van der Waals surface area contributed by atoms with Gasteiger partial charge in [-0.25, -0.2) is 9.69 Å². The van der Waals surface area contributed by atoms with Gasteiger partial charge < -0.3 is 14.6 Å². The minimum atomic E-state index is -0.714. The van der Waals surface area contributed by atoms with Gasteiger partial charge in [0.15, 0.2) is 18.2 Å². The van der Waals surface area contributed by atoms with Crippen molar-refractivity contribution in [3.63, 3.8) is 0 Å². The zero-order valence-corrected chi connectivity index (χ0v) is 13.8. The summed E-state index contributed by atoms with van der Waals surface area (Å²) in [5, 5.41) is 9.53. The molecule has 0 fully saturated rings. The van der Waals surface area contributed by atoms with Crippen LogP contribution in [0.2, 0.25) is 0 Å². The number of imide groups is 1. The Morgan fingerprint density at radius 1 is 1.12 bits per heavy atom. The first-order valence-corrected chi connectivity index (χ1v) is 7.68. The van der Waals surface area contributed by atoms with Crippen molar-refractivity contribution in [2.24, 2.45) is 0 Å². The van der Waals surface area contributed by atoms with Crippen LogP contribution in [0.4, 0.5) is 0 Å². The molecule has 0 atom stereocenters. The van der Waals surface area contributed by atoms with Gasteiger partial charge in [-0.05, 0) is 35.9 Å². The monoisotopic (exact) mass is 353 g/mol. The lowest BCUT2D eigenvalue weighted by atomic mass is 10.1. The number of rotatable bonds is 5. The third-order valence-electron chi connectivity index (χ3n) is 3.83. The SMILES string of the molecule is COc1cc(/C=C/C(=O)OCN2C(=O)c3ccccc3C2=O)ccc1O. The summed E-state index contributed by atoms with van der Waals surface area (Å²) in [5.74, 6) is -1.45. The van der Waals surface area contributed by atoms with E-state index >= 15 is 0 Å². The molecule has 2 aromatic carbocycles. The molecule has 1 heterocycles. The zero-order valence-electron chi connectivity index (χ0n) is 13.8. The summed E-state index contributed by atoms with van der Waals surface area (Å²) < 4.78 is 9.96. The molecule has 7 heteroatoms. The Balaban J connectivity index is 1.61. The zero-order chi connectivity index (χ0) is 18.7. The van der Waals surface area contributed by atoms with Gasteiger partial charge in [0.25, 0.3) is 11.8 Å². The Labute approximate surface area is 149 Å². The summed E-state index contributed by atoms with van der Waals surface area (Å²) in [6.07, 6.45) is 2.62. The number of carbonyl (C=O) groups is 3. The van der Waals surface area contributed by atoms with Gasteiger partial charge >= 0.3 is 5.97 Å². The Kier molecular flexibility index (Phi) is 4.70. The van der Waals surface area contributed by atoms with E-state index in [1.165, 1.54) is 19.3 Å². The predicted molar refractivity (Wildman–Crippen MR) is 91.6 cm³/mol. The second-order valence-electron chi connectivity index (χ2n) is 5.44. The van der Waals surface area contributed by atoms with Crippen LogP contribution in [0.5, 0.6) is 11.5 Å². The van der Waals surface area contributed by atoms with Crippen LogP contribution in [-0.2, 0) is 9.53 Å². The average molecular weight is 353 g/mol. The number of phenolic OH excluding ortho intramolecular Hbond substituents is 1. The van der Waals surface area contributed by atoms with Gasteiger partial charge in [0.1, 0.15) is 0 Å². The van der Waals surface area contributed by atoms with Gasteiger partial charge in [-0.3, -0.25) is 9.59 Å². The van der Waals surface area contributed by atoms with Crippen molar-refractivity contribution >= 4 is 23.9 Å². The minimum absolute atomic E-state index is 0.0159. The lowest BCUT2D eigenvalue weighted by Crippen LogP contribution is -2.32. The van der Waals surface area contributed by atoms with Crippen molar-refractivity contribution in [2.75, 3.05) is 13.8 Å². The average Bonchev–Trinajstić information content (AvgIpc) is 2.90. The molecule has 2 amide bonds. The van der Waals surface area contributed by atoms with Crippen LogP contribution in [-0.4, -0.2) is 41.6 Å². The highest BCUT2D eigenvalue weighted by Gasteiger charge is 2.35. The van der Waals surface area contributed by atoms with Gasteiger partial charge in [-0.15, -0.1) is 0 Å². The molecule has 132 valence electrons. The van der Waals surface area contributed by atoms with Crippen LogP contribution in [0.25, 0.3) is 6.08 Å². The number of ether oxygens (including phenoxy) is 2. The van der Waals surface area contributed by atoms with E-state index in [0.29, 0.717) is 16.7 Å². The highest BCUT2D eigenvalue weighted by Crippen LogP contribution is 2.26. The number of esters is 1. The topological polar surface area (TPSA) is 93.1 Å². The molecule has 1 N–H and O–H groups in total. The molecule has 0 bridgehead atoms. The Morgan fingerprint density at radius 2 is 1.77 bits per heavy atom. The minimum Gasteiger partial charge on any atom is -0.504 e. The van der Waals surface area contributed by atoms with Crippen LogP contribution in [0, 0.1) is 0 Å². The second kappa shape index (κ2) is 7.10. The molecule has 3 rings (SSSR count). The molecular formula is C19H15NO6. The molecule has 0 saturated heterocycles. The smallest absolute Gasteiger partial charge is 0.332 e. The number of fused-ring (bicyclic) bond motifs is 1. The summed E-state index contributed by atoms with van der Waals surface area (Å²) in [6.45, 7) is -0.464. The summed E-state index contributed by atoms with van der Waals surface area (Å²) >= 11 is 0. The highest BCUT2D eigenvalue weighted by molar-refractivity contribution is 6.21. The fourth-order valence-corrected chi connectivity index (χ4v) is 2.49. The molecule has 1 aliphatic rings. The van der Waals surface area contributed by atoms with E-state index in [1.807, 2.05) is 0 Å². The molecule has 2 aromatic rings. The van der Waals surface area contributed by atoms with Crippen molar-refractivity contribution in [2.45, 2.75) is 0 Å². The number of amides is 2. The van der Waals surface area contributed by atoms with Crippen molar-refractivity contribution in [1.82, 2.24) is 4.90 Å². The van der Waals surface area contributed by atoms with Crippen LogP contribution in [0.1, 0.15) is 26.3 Å². The van der Waals surface area contributed by atoms with Gasteiger partial charge in [0.2, 0.25) is 0 Å². The Morgan fingerprint density at radius 3 is 2.38 bits per heavy atom. The molecule has 7 nitrogen and oxygen atoms in total. The van der Waals surface area contributed by atoms with Crippen LogP contribution in [0.3, 0.4) is 0 Å². The van der Waals surface area contributed by atoms with E-state index in [4.69, 9.17) is 9.47 Å². The number of phenols is 1. The highest BCUT2D eigenvalue weighted by atomic mass is 16.5. The summed E-state index contributed by atoms with van der Waals surface area (Å²) in [7, 11) is 1.42. The molecule has 0 spiro atoms. The summed E-state index contributed by atoms with van der Waals surface area (Å²) in [4.78, 5) is 37.0. The van der Waals surface area contributed by atoms with Gasteiger partial charge in [-0.2, -0.15) is 0 Å². The summed E-state index contributed by atoms with van der Waals surface area (Å²) in [5.41, 5.74) is 1.19. The molecular weight excluding hydrogens is 338 g/mol. The molecule has 0 aliphatic carbocycles. The van der Waals surface area contributed by atoms with Crippen molar-refractivity contribution < 1.29 is 29.0 Å². The van der Waals surface area contributed by atoms with Gasteiger partial charge in [0.05, 0.1) is 18.2 Å².